The Morgan fingerprint density at radius 3 is 2.84 bits per heavy atom. The minimum Gasteiger partial charge on any atom is -0.490 e. The summed E-state index contributed by atoms with van der Waals surface area (Å²) in [5.41, 5.74) is 6.63. The van der Waals surface area contributed by atoms with Gasteiger partial charge in [-0.25, -0.2) is 4.39 Å². The minimum atomic E-state index is -0.410. The van der Waals surface area contributed by atoms with Crippen molar-refractivity contribution in [1.29, 1.82) is 0 Å². The van der Waals surface area contributed by atoms with Gasteiger partial charge in [0.05, 0.1) is 30.0 Å². The highest BCUT2D eigenvalue weighted by atomic mass is 32.1. The van der Waals surface area contributed by atoms with Crippen molar-refractivity contribution in [3.63, 3.8) is 0 Å². The van der Waals surface area contributed by atoms with E-state index in [1.807, 2.05) is 6.92 Å². The van der Waals surface area contributed by atoms with Gasteiger partial charge in [-0.2, -0.15) is 5.10 Å². The van der Waals surface area contributed by atoms with Crippen LogP contribution in [0.4, 0.5) is 4.39 Å². The Morgan fingerprint density at radius 2 is 2.00 bits per heavy atom. The zero-order valence-corrected chi connectivity index (χ0v) is 18.7. The molecule has 0 unspecified atom stereocenters. The predicted molar refractivity (Wildman–Crippen MR) is 124 cm³/mol. The molecule has 0 bridgehead atoms. The van der Waals surface area contributed by atoms with Crippen molar-refractivity contribution >= 4 is 12.2 Å². The molecule has 32 heavy (non-hydrogen) atoms. The number of halogens is 1. The smallest absolute Gasteiger partial charge is 0.131 e. The molecule has 0 saturated heterocycles. The molecule has 8 heteroatoms. The lowest BCUT2D eigenvalue weighted by Gasteiger charge is -2.18. The number of nitrogens with one attached hydrogen (secondary N) is 2. The van der Waals surface area contributed by atoms with Crippen molar-refractivity contribution in [3.8, 4) is 28.3 Å². The standard InChI is InChI=1S/C24H26FN3O3S/c1-15-22(17-2-3-18-14-26-7-6-16(18)12-17)27-28-23(24(15)32)20-5-4-19(25)13-21(20)31-11-10-30-9-8-29/h2-5,12-13,26,29H,6-11,14H2,1H3,(H,27,32). The molecule has 4 rings (SSSR count). The number of fused-ring (bicyclic) bond motifs is 1. The summed E-state index contributed by atoms with van der Waals surface area (Å²) in [4.78, 5) is 0. The van der Waals surface area contributed by atoms with Gasteiger partial charge in [-0.15, -0.1) is 0 Å². The number of aliphatic hydroxyl groups excluding tert-OH is 1. The largest absolute Gasteiger partial charge is 0.490 e. The van der Waals surface area contributed by atoms with Crippen molar-refractivity contribution in [1.82, 2.24) is 15.5 Å². The van der Waals surface area contributed by atoms with Crippen LogP contribution in [0.15, 0.2) is 36.4 Å². The SMILES string of the molecule is Cc1c(-c2ccc3c(c2)CCNC3)[nH]nc(-c2ccc(F)cc2OCCOCCO)c1=S. The summed E-state index contributed by atoms with van der Waals surface area (Å²) in [5.74, 6) is -0.0650. The molecule has 3 aromatic rings. The fourth-order valence-electron chi connectivity index (χ4n) is 3.82. The maximum Gasteiger partial charge on any atom is 0.131 e. The van der Waals surface area contributed by atoms with Gasteiger partial charge in [0.15, 0.2) is 0 Å². The summed E-state index contributed by atoms with van der Waals surface area (Å²) in [7, 11) is 0. The van der Waals surface area contributed by atoms with Gasteiger partial charge in [-0.3, -0.25) is 5.10 Å². The average molecular weight is 456 g/mol. The second-order valence-electron chi connectivity index (χ2n) is 7.64. The third-order valence-corrected chi connectivity index (χ3v) is 6.01. The summed E-state index contributed by atoms with van der Waals surface area (Å²) in [6.07, 6.45) is 0.993. The second-order valence-corrected chi connectivity index (χ2v) is 8.04. The second kappa shape index (κ2) is 10.3. The zero-order valence-electron chi connectivity index (χ0n) is 17.9. The summed E-state index contributed by atoms with van der Waals surface area (Å²) < 4.78 is 25.4. The van der Waals surface area contributed by atoms with Crippen LogP contribution in [0.2, 0.25) is 0 Å². The highest BCUT2D eigenvalue weighted by molar-refractivity contribution is 7.71. The quantitative estimate of drug-likeness (QED) is 0.353. The van der Waals surface area contributed by atoms with Crippen LogP contribution in [0.5, 0.6) is 5.75 Å². The van der Waals surface area contributed by atoms with Gasteiger partial charge in [0, 0.05) is 23.7 Å². The predicted octanol–water partition coefficient (Wildman–Crippen LogP) is 3.95. The third kappa shape index (κ3) is 4.88. The highest BCUT2D eigenvalue weighted by Gasteiger charge is 2.16. The number of hydrogen-bond acceptors (Lipinski definition) is 6. The molecule has 2 heterocycles. The molecule has 3 N–H and O–H groups in total. The Morgan fingerprint density at radius 1 is 1.12 bits per heavy atom. The molecule has 0 atom stereocenters. The van der Waals surface area contributed by atoms with E-state index in [0.29, 0.717) is 21.5 Å². The number of benzene rings is 2. The normalized spacial score (nSPS) is 13.1. The number of ether oxygens (including phenoxy) is 2. The van der Waals surface area contributed by atoms with Crippen LogP contribution in [0, 0.1) is 17.3 Å². The minimum absolute atomic E-state index is 0.0585. The molecule has 1 aromatic heterocycles. The van der Waals surface area contributed by atoms with Crippen LogP contribution >= 0.6 is 12.2 Å². The molecule has 0 amide bonds. The van der Waals surface area contributed by atoms with Crippen LogP contribution in [0.1, 0.15) is 16.7 Å². The van der Waals surface area contributed by atoms with Crippen LogP contribution in [-0.4, -0.2) is 48.3 Å². The van der Waals surface area contributed by atoms with Crippen LogP contribution in [0.25, 0.3) is 22.5 Å². The van der Waals surface area contributed by atoms with Gasteiger partial charge in [0.25, 0.3) is 0 Å². The number of rotatable bonds is 8. The van der Waals surface area contributed by atoms with Gasteiger partial charge in [0.2, 0.25) is 0 Å². The van der Waals surface area contributed by atoms with Gasteiger partial charge in [-0.05, 0) is 54.8 Å². The monoisotopic (exact) mass is 455 g/mol. The zero-order chi connectivity index (χ0) is 22.5. The van der Waals surface area contributed by atoms with E-state index < -0.39 is 5.82 Å². The third-order valence-electron chi connectivity index (χ3n) is 5.51. The molecule has 0 aliphatic carbocycles. The lowest BCUT2D eigenvalue weighted by atomic mass is 9.96. The Hall–Kier alpha value is -2.65. The maximum absolute atomic E-state index is 13.9. The Labute approximate surface area is 191 Å². The van der Waals surface area contributed by atoms with Crippen molar-refractivity contribution in [2.75, 3.05) is 33.0 Å². The van der Waals surface area contributed by atoms with Crippen molar-refractivity contribution in [2.24, 2.45) is 0 Å². The van der Waals surface area contributed by atoms with Crippen molar-refractivity contribution in [3.05, 3.63) is 63.4 Å². The van der Waals surface area contributed by atoms with Crippen LogP contribution in [-0.2, 0) is 17.7 Å². The van der Waals surface area contributed by atoms with E-state index in [-0.39, 0.29) is 26.4 Å². The number of hydrogen-bond donors (Lipinski definition) is 3. The first-order chi connectivity index (χ1) is 15.6. The van der Waals surface area contributed by atoms with E-state index in [1.165, 1.54) is 23.3 Å². The molecule has 0 radical (unpaired) electrons. The summed E-state index contributed by atoms with van der Waals surface area (Å²) in [6.45, 7) is 4.49. The Kier molecular flexibility index (Phi) is 7.26. The van der Waals surface area contributed by atoms with Crippen molar-refractivity contribution < 1.29 is 19.0 Å². The fourth-order valence-corrected chi connectivity index (χ4v) is 4.08. The molecule has 1 aliphatic rings. The van der Waals surface area contributed by atoms with E-state index >= 15 is 0 Å². The highest BCUT2D eigenvalue weighted by Crippen LogP contribution is 2.33. The van der Waals surface area contributed by atoms with Crippen LogP contribution < -0.4 is 10.1 Å². The van der Waals surface area contributed by atoms with E-state index in [9.17, 15) is 4.39 Å². The number of aromatic nitrogens is 2. The molecule has 168 valence electrons. The number of H-pyrrole nitrogens is 1. The molecule has 1 aliphatic heterocycles. The van der Waals surface area contributed by atoms with Crippen molar-refractivity contribution in [2.45, 2.75) is 19.9 Å². The first-order valence-corrected chi connectivity index (χ1v) is 11.0. The average Bonchev–Trinajstić information content (AvgIpc) is 2.81. The number of nitrogens with zero attached hydrogens (tertiary/aromatic N) is 1. The molecule has 0 saturated carbocycles. The Bertz CT molecular complexity index is 1170. The van der Waals surface area contributed by atoms with Gasteiger partial charge in [0.1, 0.15) is 23.9 Å². The lowest BCUT2D eigenvalue weighted by Crippen LogP contribution is -2.23. The summed E-state index contributed by atoms with van der Waals surface area (Å²) >= 11 is 5.75. The summed E-state index contributed by atoms with van der Waals surface area (Å²) in [5, 5.41) is 19.9. The fraction of sp³-hybridized carbons (Fsp3) is 0.333. The molecular weight excluding hydrogens is 429 g/mol. The van der Waals surface area contributed by atoms with Crippen LogP contribution in [0.3, 0.4) is 0 Å². The van der Waals surface area contributed by atoms with E-state index in [1.54, 1.807) is 6.07 Å². The first-order valence-electron chi connectivity index (χ1n) is 10.6. The lowest BCUT2D eigenvalue weighted by molar-refractivity contribution is 0.0706. The summed E-state index contributed by atoms with van der Waals surface area (Å²) in [6, 6.07) is 10.7. The molecule has 6 nitrogen and oxygen atoms in total. The first kappa shape index (κ1) is 22.5. The van der Waals surface area contributed by atoms with Gasteiger partial charge >= 0.3 is 0 Å². The van der Waals surface area contributed by atoms with Gasteiger partial charge in [-0.1, -0.05) is 24.4 Å². The maximum atomic E-state index is 13.9. The van der Waals surface area contributed by atoms with Gasteiger partial charge < -0.3 is 19.9 Å². The molecular formula is C24H26FN3O3S. The number of aliphatic hydroxyl groups is 1. The molecule has 0 spiro atoms. The Balaban J connectivity index is 1.65. The van der Waals surface area contributed by atoms with E-state index in [4.69, 9.17) is 26.8 Å². The molecule has 0 fully saturated rings. The molecule has 2 aromatic carbocycles. The topological polar surface area (TPSA) is 79.4 Å². The van der Waals surface area contributed by atoms with E-state index in [0.717, 1.165) is 36.3 Å². The van der Waals surface area contributed by atoms with E-state index in [2.05, 4.69) is 33.7 Å². The number of aromatic amines is 1.